The lowest BCUT2D eigenvalue weighted by Gasteiger charge is -2.27. The molecule has 3 N–H and O–H groups in total. The van der Waals surface area contributed by atoms with Crippen molar-refractivity contribution < 1.29 is 4.79 Å². The van der Waals surface area contributed by atoms with Gasteiger partial charge >= 0.3 is 0 Å². The van der Waals surface area contributed by atoms with E-state index < -0.39 is 0 Å². The standard InChI is InChI=1S/C15H31N3O/c1-3-18(4-2)10-6-9-17-15(19)14-8-5-7-13(11-14)12-16/h13-14H,3-12,16H2,1-2H3,(H,17,19). The molecular formula is C15H31N3O. The van der Waals surface area contributed by atoms with Crippen LogP contribution in [-0.2, 0) is 4.79 Å². The highest BCUT2D eigenvalue weighted by atomic mass is 16.1. The topological polar surface area (TPSA) is 58.4 Å². The summed E-state index contributed by atoms with van der Waals surface area (Å²) in [7, 11) is 0. The molecule has 1 fully saturated rings. The average Bonchev–Trinajstić information content (AvgIpc) is 2.47. The predicted molar refractivity (Wildman–Crippen MR) is 79.9 cm³/mol. The first-order valence-electron chi connectivity index (χ1n) is 7.91. The van der Waals surface area contributed by atoms with Gasteiger partial charge in [0.05, 0.1) is 0 Å². The Kier molecular flexibility index (Phi) is 8.07. The van der Waals surface area contributed by atoms with Crippen molar-refractivity contribution in [2.24, 2.45) is 17.6 Å². The van der Waals surface area contributed by atoms with Gasteiger partial charge in [-0.2, -0.15) is 0 Å². The fraction of sp³-hybridized carbons (Fsp3) is 0.933. The summed E-state index contributed by atoms with van der Waals surface area (Å²) in [5.41, 5.74) is 5.71. The second-order valence-electron chi connectivity index (χ2n) is 5.64. The molecule has 19 heavy (non-hydrogen) atoms. The number of hydrogen-bond acceptors (Lipinski definition) is 3. The minimum atomic E-state index is 0.204. The molecule has 0 spiro atoms. The first-order chi connectivity index (χ1) is 9.21. The molecule has 0 radical (unpaired) electrons. The van der Waals surface area contributed by atoms with E-state index >= 15 is 0 Å². The summed E-state index contributed by atoms with van der Waals surface area (Å²) < 4.78 is 0. The number of nitrogens with one attached hydrogen (secondary N) is 1. The maximum absolute atomic E-state index is 12.1. The van der Waals surface area contributed by atoms with E-state index in [1.54, 1.807) is 0 Å². The second kappa shape index (κ2) is 9.32. The molecule has 4 heteroatoms. The molecule has 0 aromatic rings. The molecule has 0 aromatic carbocycles. The van der Waals surface area contributed by atoms with Crippen molar-refractivity contribution in [1.29, 1.82) is 0 Å². The molecule has 2 unspecified atom stereocenters. The monoisotopic (exact) mass is 269 g/mol. The van der Waals surface area contributed by atoms with Crippen molar-refractivity contribution in [2.75, 3.05) is 32.7 Å². The number of nitrogens with zero attached hydrogens (tertiary/aromatic N) is 1. The number of rotatable bonds is 8. The predicted octanol–water partition coefficient (Wildman–Crippen LogP) is 1.60. The molecule has 4 nitrogen and oxygen atoms in total. The molecule has 1 aliphatic rings. The van der Waals surface area contributed by atoms with Crippen molar-refractivity contribution in [2.45, 2.75) is 46.0 Å². The Morgan fingerprint density at radius 3 is 2.68 bits per heavy atom. The quantitative estimate of drug-likeness (QED) is 0.658. The summed E-state index contributed by atoms with van der Waals surface area (Å²) in [6.07, 6.45) is 5.42. The average molecular weight is 269 g/mol. The lowest BCUT2D eigenvalue weighted by molar-refractivity contribution is -0.126. The summed E-state index contributed by atoms with van der Waals surface area (Å²) in [6, 6.07) is 0. The Morgan fingerprint density at radius 1 is 1.32 bits per heavy atom. The van der Waals surface area contributed by atoms with E-state index in [4.69, 9.17) is 5.73 Å². The molecule has 0 saturated heterocycles. The third kappa shape index (κ3) is 5.91. The van der Waals surface area contributed by atoms with Gasteiger partial charge in [0.2, 0.25) is 5.91 Å². The SMILES string of the molecule is CCN(CC)CCCNC(=O)C1CCCC(CN)C1. The summed E-state index contributed by atoms with van der Waals surface area (Å²) >= 11 is 0. The molecule has 0 heterocycles. The van der Waals surface area contributed by atoms with E-state index in [1.165, 1.54) is 6.42 Å². The van der Waals surface area contributed by atoms with E-state index in [0.717, 1.165) is 58.4 Å². The summed E-state index contributed by atoms with van der Waals surface area (Å²) in [4.78, 5) is 14.5. The van der Waals surface area contributed by atoms with Crippen molar-refractivity contribution in [3.8, 4) is 0 Å². The van der Waals surface area contributed by atoms with Gasteiger partial charge in [0, 0.05) is 12.5 Å². The molecule has 1 amide bonds. The first-order valence-corrected chi connectivity index (χ1v) is 7.91. The maximum atomic E-state index is 12.1. The molecule has 2 atom stereocenters. The smallest absolute Gasteiger partial charge is 0.223 e. The number of amides is 1. The van der Waals surface area contributed by atoms with Gasteiger partial charge in [-0.05, 0) is 57.8 Å². The number of nitrogens with two attached hydrogens (primary N) is 1. The van der Waals surface area contributed by atoms with Crippen LogP contribution in [0, 0.1) is 11.8 Å². The number of carbonyl (C=O) groups is 1. The Labute approximate surface area is 118 Å². The van der Waals surface area contributed by atoms with Crippen LogP contribution in [0.4, 0.5) is 0 Å². The van der Waals surface area contributed by atoms with Crippen molar-refractivity contribution in [3.05, 3.63) is 0 Å². The largest absolute Gasteiger partial charge is 0.356 e. The van der Waals surface area contributed by atoms with E-state index in [0.29, 0.717) is 5.92 Å². The Morgan fingerprint density at radius 2 is 2.05 bits per heavy atom. The Bertz CT molecular complexity index is 254. The van der Waals surface area contributed by atoms with Gasteiger partial charge in [0.15, 0.2) is 0 Å². The van der Waals surface area contributed by atoms with Crippen LogP contribution in [0.3, 0.4) is 0 Å². The zero-order chi connectivity index (χ0) is 14.1. The second-order valence-corrected chi connectivity index (χ2v) is 5.64. The van der Waals surface area contributed by atoms with Gasteiger partial charge in [0.1, 0.15) is 0 Å². The highest BCUT2D eigenvalue weighted by Gasteiger charge is 2.26. The van der Waals surface area contributed by atoms with Crippen molar-refractivity contribution in [1.82, 2.24) is 10.2 Å². The van der Waals surface area contributed by atoms with Crippen LogP contribution in [0.1, 0.15) is 46.0 Å². The van der Waals surface area contributed by atoms with Crippen LogP contribution in [0.15, 0.2) is 0 Å². The van der Waals surface area contributed by atoms with Crippen LogP contribution in [0.25, 0.3) is 0 Å². The third-order valence-corrected chi connectivity index (χ3v) is 4.33. The van der Waals surface area contributed by atoms with Crippen molar-refractivity contribution >= 4 is 5.91 Å². The van der Waals surface area contributed by atoms with E-state index in [-0.39, 0.29) is 11.8 Å². The van der Waals surface area contributed by atoms with E-state index in [9.17, 15) is 4.79 Å². The fourth-order valence-corrected chi connectivity index (χ4v) is 2.94. The molecule has 112 valence electrons. The van der Waals surface area contributed by atoms with Crippen LogP contribution in [-0.4, -0.2) is 43.5 Å². The van der Waals surface area contributed by atoms with Gasteiger partial charge in [-0.25, -0.2) is 0 Å². The lowest BCUT2D eigenvalue weighted by atomic mass is 9.81. The molecule has 1 aliphatic carbocycles. The lowest BCUT2D eigenvalue weighted by Crippen LogP contribution is -2.36. The highest BCUT2D eigenvalue weighted by molar-refractivity contribution is 5.78. The summed E-state index contributed by atoms with van der Waals surface area (Å²) in [5.74, 6) is 1.01. The first kappa shape index (κ1) is 16.4. The van der Waals surface area contributed by atoms with Gasteiger partial charge in [-0.1, -0.05) is 20.3 Å². The zero-order valence-corrected chi connectivity index (χ0v) is 12.7. The molecular weight excluding hydrogens is 238 g/mol. The van der Waals surface area contributed by atoms with Crippen LogP contribution in [0.5, 0.6) is 0 Å². The minimum absolute atomic E-state index is 0.204. The molecule has 1 saturated carbocycles. The maximum Gasteiger partial charge on any atom is 0.223 e. The fourth-order valence-electron chi connectivity index (χ4n) is 2.94. The van der Waals surface area contributed by atoms with E-state index in [2.05, 4.69) is 24.1 Å². The number of hydrogen-bond donors (Lipinski definition) is 2. The normalized spacial score (nSPS) is 23.6. The minimum Gasteiger partial charge on any atom is -0.356 e. The van der Waals surface area contributed by atoms with Gasteiger partial charge in [0.25, 0.3) is 0 Å². The highest BCUT2D eigenvalue weighted by Crippen LogP contribution is 2.28. The molecule has 1 rings (SSSR count). The van der Waals surface area contributed by atoms with Crippen LogP contribution < -0.4 is 11.1 Å². The van der Waals surface area contributed by atoms with Crippen LogP contribution >= 0.6 is 0 Å². The summed E-state index contributed by atoms with van der Waals surface area (Å²) in [5, 5.41) is 3.09. The van der Waals surface area contributed by atoms with Gasteiger partial charge in [-0.3, -0.25) is 4.79 Å². The third-order valence-electron chi connectivity index (χ3n) is 4.33. The van der Waals surface area contributed by atoms with Crippen molar-refractivity contribution in [3.63, 3.8) is 0 Å². The van der Waals surface area contributed by atoms with E-state index in [1.807, 2.05) is 0 Å². The zero-order valence-electron chi connectivity index (χ0n) is 12.7. The van der Waals surface area contributed by atoms with Gasteiger partial charge < -0.3 is 16.0 Å². The van der Waals surface area contributed by atoms with Crippen LogP contribution in [0.2, 0.25) is 0 Å². The number of carbonyl (C=O) groups excluding carboxylic acids is 1. The molecule has 0 bridgehead atoms. The summed E-state index contributed by atoms with van der Waals surface area (Å²) in [6.45, 7) is 9.14. The van der Waals surface area contributed by atoms with Gasteiger partial charge in [-0.15, -0.1) is 0 Å². The molecule has 0 aromatic heterocycles. The Balaban J connectivity index is 2.16. The molecule has 0 aliphatic heterocycles. The Hall–Kier alpha value is -0.610.